The highest BCUT2D eigenvalue weighted by molar-refractivity contribution is 7.98. The van der Waals surface area contributed by atoms with E-state index >= 15 is 0 Å². The van der Waals surface area contributed by atoms with Crippen molar-refractivity contribution >= 4 is 17.4 Å². The van der Waals surface area contributed by atoms with Crippen LogP contribution in [0.4, 0.5) is 10.1 Å². The van der Waals surface area contributed by atoms with E-state index in [-0.39, 0.29) is 0 Å². The van der Waals surface area contributed by atoms with Gasteiger partial charge < -0.3 is 15.3 Å². The monoisotopic (exact) mass is 267 g/mol. The molecule has 0 bridgehead atoms. The molecule has 3 N–H and O–H groups in total. The van der Waals surface area contributed by atoms with Crippen LogP contribution in [0.5, 0.6) is 5.75 Å². The van der Waals surface area contributed by atoms with E-state index in [0.29, 0.717) is 22.1 Å². The average molecular weight is 267 g/mol. The first-order chi connectivity index (χ1) is 8.54. The highest BCUT2D eigenvalue weighted by Crippen LogP contribution is 2.25. The summed E-state index contributed by atoms with van der Waals surface area (Å²) in [6.07, 6.45) is 0.984. The van der Waals surface area contributed by atoms with E-state index in [4.69, 9.17) is 15.3 Å². The number of hydrogen-bond donors (Lipinski definition) is 2. The van der Waals surface area contributed by atoms with Crippen LogP contribution in [0, 0.1) is 5.82 Å². The van der Waals surface area contributed by atoms with Crippen molar-refractivity contribution in [3.63, 3.8) is 0 Å². The molecule has 0 aliphatic carbocycles. The van der Waals surface area contributed by atoms with Crippen molar-refractivity contribution in [3.05, 3.63) is 52.3 Å². The molecule has 1 aromatic heterocycles. The fraction of sp³-hybridized carbons (Fsp3) is 0.0833. The minimum Gasteiger partial charge on any atom is -0.502 e. The molecule has 0 fully saturated rings. The number of hydrogen-bond acceptors (Lipinski definition) is 5. The molecule has 0 saturated heterocycles. The number of thioether (sulfide) groups is 1. The second-order valence-corrected chi connectivity index (χ2v) is 4.65. The summed E-state index contributed by atoms with van der Waals surface area (Å²) in [6, 6.07) is 5.40. The van der Waals surface area contributed by atoms with E-state index in [9.17, 15) is 9.18 Å². The van der Waals surface area contributed by atoms with E-state index in [0.717, 1.165) is 6.26 Å². The van der Waals surface area contributed by atoms with Crippen LogP contribution in [0.1, 0.15) is 5.76 Å². The van der Waals surface area contributed by atoms with Gasteiger partial charge in [0, 0.05) is 16.6 Å². The lowest BCUT2D eigenvalue weighted by molar-refractivity contribution is 0.419. The minimum atomic E-state index is -0.504. The van der Waals surface area contributed by atoms with Gasteiger partial charge in [0.15, 0.2) is 5.75 Å². The van der Waals surface area contributed by atoms with E-state index in [2.05, 4.69) is 0 Å². The predicted octanol–water partition coefficient (Wildman–Crippen LogP) is 2.36. The Morgan fingerprint density at radius 2 is 2.11 bits per heavy atom. The van der Waals surface area contributed by atoms with Gasteiger partial charge in [0.25, 0.3) is 0 Å². The van der Waals surface area contributed by atoms with Gasteiger partial charge in [-0.05, 0) is 18.2 Å². The maximum atomic E-state index is 13.1. The lowest BCUT2D eigenvalue weighted by Gasteiger charge is -2.03. The topological polar surface area (TPSA) is 76.5 Å². The van der Waals surface area contributed by atoms with Gasteiger partial charge in [-0.25, -0.2) is 4.39 Å². The number of nitrogens with two attached hydrogens (primary N) is 1. The molecule has 0 spiro atoms. The van der Waals surface area contributed by atoms with Crippen LogP contribution < -0.4 is 11.2 Å². The van der Waals surface area contributed by atoms with Crippen molar-refractivity contribution < 1.29 is 13.9 Å². The normalized spacial score (nSPS) is 10.5. The van der Waals surface area contributed by atoms with Crippen molar-refractivity contribution in [1.82, 2.24) is 0 Å². The van der Waals surface area contributed by atoms with Gasteiger partial charge in [0.05, 0.1) is 5.75 Å². The smallest absolute Gasteiger partial charge is 0.226 e. The first-order valence-corrected chi connectivity index (χ1v) is 6.03. The summed E-state index contributed by atoms with van der Waals surface area (Å²) < 4.78 is 18.1. The van der Waals surface area contributed by atoms with Crippen LogP contribution >= 0.6 is 11.8 Å². The summed E-state index contributed by atoms with van der Waals surface area (Å²) in [7, 11) is 0. The molecule has 0 aliphatic heterocycles. The molecular weight excluding hydrogens is 257 g/mol. The maximum absolute atomic E-state index is 13.1. The molecular formula is C12H10FNO3S. The van der Waals surface area contributed by atoms with Gasteiger partial charge in [0.1, 0.15) is 17.8 Å². The minimum absolute atomic E-state index is 0.338. The van der Waals surface area contributed by atoms with Crippen LogP contribution in [0.3, 0.4) is 0 Å². The molecule has 18 heavy (non-hydrogen) atoms. The molecule has 1 heterocycles. The summed E-state index contributed by atoms with van der Waals surface area (Å²) >= 11 is 1.28. The van der Waals surface area contributed by atoms with Gasteiger partial charge in [-0.15, -0.1) is 11.8 Å². The van der Waals surface area contributed by atoms with Crippen LogP contribution in [0.25, 0.3) is 0 Å². The fourth-order valence-electron chi connectivity index (χ4n) is 1.34. The highest BCUT2D eigenvalue weighted by Gasteiger charge is 2.04. The number of anilines is 1. The Balaban J connectivity index is 2.11. The number of rotatable bonds is 3. The first-order valence-electron chi connectivity index (χ1n) is 5.04. The van der Waals surface area contributed by atoms with Gasteiger partial charge in [-0.3, -0.25) is 4.79 Å². The zero-order chi connectivity index (χ0) is 13.1. The van der Waals surface area contributed by atoms with Gasteiger partial charge in [-0.2, -0.15) is 0 Å². The molecule has 2 aromatic rings. The molecule has 4 nitrogen and oxygen atoms in total. The SMILES string of the molecule is Nc1cc(F)cc(SCc2cc(=O)c(O)co2)c1. The first kappa shape index (κ1) is 12.5. The van der Waals surface area contributed by atoms with Gasteiger partial charge >= 0.3 is 0 Å². The fourth-order valence-corrected chi connectivity index (χ4v) is 2.22. The summed E-state index contributed by atoms with van der Waals surface area (Å²) in [5.41, 5.74) is 5.35. The molecule has 0 atom stereocenters. The summed E-state index contributed by atoms with van der Waals surface area (Å²) in [5.74, 6) is -0.104. The van der Waals surface area contributed by atoms with Crippen LogP contribution in [0.2, 0.25) is 0 Å². The zero-order valence-corrected chi connectivity index (χ0v) is 10.0. The Morgan fingerprint density at radius 1 is 1.33 bits per heavy atom. The zero-order valence-electron chi connectivity index (χ0n) is 9.22. The molecule has 0 saturated carbocycles. The summed E-state index contributed by atoms with van der Waals surface area (Å²) in [6.45, 7) is 0. The van der Waals surface area contributed by atoms with E-state index < -0.39 is 17.0 Å². The predicted molar refractivity (Wildman–Crippen MR) is 67.0 cm³/mol. The third-order valence-electron chi connectivity index (χ3n) is 2.14. The maximum Gasteiger partial charge on any atom is 0.226 e. The van der Waals surface area contributed by atoms with Crippen LogP contribution in [-0.4, -0.2) is 5.11 Å². The molecule has 6 heteroatoms. The number of nitrogen functional groups attached to an aromatic ring is 1. The van der Waals surface area contributed by atoms with Crippen LogP contribution in [0.15, 0.2) is 44.6 Å². The van der Waals surface area contributed by atoms with Gasteiger partial charge in [0.2, 0.25) is 5.43 Å². The third kappa shape index (κ3) is 3.04. The Kier molecular flexibility index (Phi) is 3.57. The lowest BCUT2D eigenvalue weighted by atomic mass is 10.3. The van der Waals surface area contributed by atoms with Crippen molar-refractivity contribution in [1.29, 1.82) is 0 Å². The largest absolute Gasteiger partial charge is 0.502 e. The van der Waals surface area contributed by atoms with Crippen molar-refractivity contribution in [2.75, 3.05) is 5.73 Å². The second-order valence-electron chi connectivity index (χ2n) is 3.60. The Bertz CT molecular complexity index is 607. The molecule has 2 rings (SSSR count). The second kappa shape index (κ2) is 5.14. The molecule has 0 amide bonds. The van der Waals surface area contributed by atoms with Crippen molar-refractivity contribution in [2.24, 2.45) is 0 Å². The molecule has 0 radical (unpaired) electrons. The molecule has 0 aliphatic rings. The van der Waals surface area contributed by atoms with Gasteiger partial charge in [-0.1, -0.05) is 0 Å². The van der Waals surface area contributed by atoms with E-state index in [1.54, 1.807) is 6.07 Å². The van der Waals surface area contributed by atoms with E-state index in [1.165, 1.54) is 30.0 Å². The standard InChI is InChI=1S/C12H10FNO3S/c13-7-1-8(14)3-10(2-7)18-6-9-4-11(15)12(16)5-17-9/h1-5,16H,6,14H2. The number of benzene rings is 1. The average Bonchev–Trinajstić information content (AvgIpc) is 2.29. The van der Waals surface area contributed by atoms with Crippen molar-refractivity contribution in [3.8, 4) is 5.75 Å². The summed E-state index contributed by atoms with van der Waals surface area (Å²) in [4.78, 5) is 11.8. The summed E-state index contributed by atoms with van der Waals surface area (Å²) in [5, 5.41) is 9.02. The number of aromatic hydroxyl groups is 1. The quantitative estimate of drug-likeness (QED) is 0.659. The van der Waals surface area contributed by atoms with E-state index in [1.807, 2.05) is 0 Å². The number of halogens is 1. The molecule has 1 aromatic carbocycles. The Labute approximate surface area is 106 Å². The molecule has 94 valence electrons. The van der Waals surface area contributed by atoms with Crippen LogP contribution in [-0.2, 0) is 5.75 Å². The Hall–Kier alpha value is -1.95. The highest BCUT2D eigenvalue weighted by atomic mass is 32.2. The molecule has 0 unspecified atom stereocenters. The lowest BCUT2D eigenvalue weighted by Crippen LogP contribution is -1.99. The third-order valence-corrected chi connectivity index (χ3v) is 3.14. The van der Waals surface area contributed by atoms with Crippen molar-refractivity contribution in [2.45, 2.75) is 10.6 Å². The Morgan fingerprint density at radius 3 is 2.78 bits per heavy atom.